The summed E-state index contributed by atoms with van der Waals surface area (Å²) in [6, 6.07) is 15.8. The van der Waals surface area contributed by atoms with Gasteiger partial charge in [0.25, 0.3) is 5.91 Å². The predicted octanol–water partition coefficient (Wildman–Crippen LogP) is 0.977. The molecule has 0 saturated carbocycles. The van der Waals surface area contributed by atoms with Gasteiger partial charge in [0, 0.05) is 12.1 Å². The SMILES string of the molecule is CCNC(=O)NC(=O)[C@@H]([NH2+]C[C@H]1COc2ccccc2O1)c1ccccc1. The highest BCUT2D eigenvalue weighted by atomic mass is 16.6. The van der Waals surface area contributed by atoms with E-state index >= 15 is 0 Å². The number of nitrogens with one attached hydrogen (secondary N) is 2. The first-order valence-electron chi connectivity index (χ1n) is 9.02. The van der Waals surface area contributed by atoms with Gasteiger partial charge in [0.1, 0.15) is 13.2 Å². The smallest absolute Gasteiger partial charge is 0.321 e. The molecule has 0 aliphatic carbocycles. The largest absolute Gasteiger partial charge is 0.486 e. The quantitative estimate of drug-likeness (QED) is 0.707. The Kier molecular flexibility index (Phi) is 6.27. The fourth-order valence-electron chi connectivity index (χ4n) is 2.92. The molecule has 0 fully saturated rings. The molecule has 1 aliphatic heterocycles. The maximum atomic E-state index is 12.6. The van der Waals surface area contributed by atoms with Gasteiger partial charge in [0.05, 0.1) is 0 Å². The number of para-hydroxylation sites is 2. The number of urea groups is 1. The molecule has 2 aromatic rings. The van der Waals surface area contributed by atoms with Crippen LogP contribution in [0.25, 0.3) is 0 Å². The third-order valence-electron chi connectivity index (χ3n) is 4.22. The van der Waals surface area contributed by atoms with Crippen LogP contribution in [-0.4, -0.2) is 37.7 Å². The number of fused-ring (bicyclic) bond motifs is 1. The maximum Gasteiger partial charge on any atom is 0.321 e. The number of ether oxygens (including phenoxy) is 2. The number of hydrogen-bond acceptors (Lipinski definition) is 4. The Bertz CT molecular complexity index is 782. The standard InChI is InChI=1S/C20H23N3O4/c1-2-21-20(25)23-19(24)18(14-8-4-3-5-9-14)22-12-15-13-26-16-10-6-7-11-17(16)27-15/h3-11,15,18,22H,2,12-13H2,1H3,(H2,21,23,24,25)/p+1/t15-,18-/m0/s1. The third kappa shape index (κ3) is 4.98. The van der Waals surface area contributed by atoms with Gasteiger partial charge in [-0.05, 0) is 19.1 Å². The van der Waals surface area contributed by atoms with E-state index in [1.54, 1.807) is 6.92 Å². The zero-order chi connectivity index (χ0) is 19.1. The highest BCUT2D eigenvalue weighted by molar-refractivity contribution is 5.96. The summed E-state index contributed by atoms with van der Waals surface area (Å²) in [5.41, 5.74) is 0.816. The molecule has 1 heterocycles. The number of nitrogens with two attached hydrogens (primary N) is 1. The molecule has 4 N–H and O–H groups in total. The number of hydrogen-bond donors (Lipinski definition) is 3. The van der Waals surface area contributed by atoms with Gasteiger partial charge in [-0.15, -0.1) is 0 Å². The molecular formula is C20H24N3O4+. The molecule has 1 aliphatic rings. The van der Waals surface area contributed by atoms with Crippen LogP contribution < -0.4 is 25.4 Å². The molecule has 7 heteroatoms. The topological polar surface area (TPSA) is 93.3 Å². The van der Waals surface area contributed by atoms with Crippen LogP contribution in [0.3, 0.4) is 0 Å². The molecule has 0 bridgehead atoms. The van der Waals surface area contributed by atoms with Crippen molar-refractivity contribution in [3.63, 3.8) is 0 Å². The summed E-state index contributed by atoms with van der Waals surface area (Å²) in [6.45, 7) is 3.16. The molecule has 2 atom stereocenters. The number of quaternary nitrogens is 1. The molecule has 0 radical (unpaired) electrons. The molecule has 3 amide bonds. The highest BCUT2D eigenvalue weighted by Gasteiger charge is 2.29. The summed E-state index contributed by atoms with van der Waals surface area (Å²) in [5, 5.41) is 6.83. The summed E-state index contributed by atoms with van der Waals surface area (Å²) in [5.74, 6) is 1.05. The first-order chi connectivity index (χ1) is 13.2. The molecule has 3 rings (SSSR count). The zero-order valence-corrected chi connectivity index (χ0v) is 15.2. The average Bonchev–Trinajstić information content (AvgIpc) is 2.69. The van der Waals surface area contributed by atoms with Crippen LogP contribution in [0, 0.1) is 0 Å². The maximum absolute atomic E-state index is 12.6. The Morgan fingerprint density at radius 3 is 2.56 bits per heavy atom. The Balaban J connectivity index is 1.65. The fraction of sp³-hybridized carbons (Fsp3) is 0.300. The van der Waals surface area contributed by atoms with E-state index in [2.05, 4.69) is 10.6 Å². The van der Waals surface area contributed by atoms with Gasteiger partial charge in [-0.1, -0.05) is 42.5 Å². The number of imide groups is 1. The lowest BCUT2D eigenvalue weighted by molar-refractivity contribution is -0.688. The van der Waals surface area contributed by atoms with E-state index in [0.717, 1.165) is 11.3 Å². The molecule has 0 spiro atoms. The van der Waals surface area contributed by atoms with Crippen LogP contribution >= 0.6 is 0 Å². The lowest BCUT2D eigenvalue weighted by Gasteiger charge is -2.26. The van der Waals surface area contributed by atoms with E-state index in [9.17, 15) is 9.59 Å². The van der Waals surface area contributed by atoms with Gasteiger partial charge in [0.2, 0.25) is 0 Å². The van der Waals surface area contributed by atoms with Crippen molar-refractivity contribution in [2.24, 2.45) is 0 Å². The Hall–Kier alpha value is -3.06. The molecule has 0 aromatic heterocycles. The Morgan fingerprint density at radius 1 is 1.11 bits per heavy atom. The molecule has 2 aromatic carbocycles. The van der Waals surface area contributed by atoms with E-state index in [1.165, 1.54) is 0 Å². The van der Waals surface area contributed by atoms with E-state index in [4.69, 9.17) is 9.47 Å². The first-order valence-corrected chi connectivity index (χ1v) is 9.02. The van der Waals surface area contributed by atoms with Gasteiger partial charge in [-0.2, -0.15) is 0 Å². The number of carbonyl (C=O) groups is 2. The van der Waals surface area contributed by atoms with Gasteiger partial charge in [-0.25, -0.2) is 4.79 Å². The van der Waals surface area contributed by atoms with Crippen LogP contribution in [0.2, 0.25) is 0 Å². The number of amides is 3. The van der Waals surface area contributed by atoms with Gasteiger partial charge in [-0.3, -0.25) is 10.1 Å². The minimum atomic E-state index is -0.561. The van der Waals surface area contributed by atoms with Crippen molar-refractivity contribution in [2.75, 3.05) is 19.7 Å². The summed E-state index contributed by atoms with van der Waals surface area (Å²) >= 11 is 0. The van der Waals surface area contributed by atoms with Crippen LogP contribution in [0.5, 0.6) is 11.5 Å². The van der Waals surface area contributed by atoms with Crippen LogP contribution in [-0.2, 0) is 4.79 Å². The van der Waals surface area contributed by atoms with Crippen molar-refractivity contribution >= 4 is 11.9 Å². The predicted molar refractivity (Wildman–Crippen MR) is 99.5 cm³/mol. The summed E-state index contributed by atoms with van der Waals surface area (Å²) in [4.78, 5) is 24.4. The second kappa shape index (κ2) is 9.05. The van der Waals surface area contributed by atoms with E-state index in [-0.39, 0.29) is 12.0 Å². The second-order valence-electron chi connectivity index (χ2n) is 6.21. The average molecular weight is 370 g/mol. The molecule has 7 nitrogen and oxygen atoms in total. The van der Waals surface area contributed by atoms with Crippen molar-refractivity contribution in [1.29, 1.82) is 0 Å². The number of rotatable bonds is 6. The van der Waals surface area contributed by atoms with E-state index in [1.807, 2.05) is 59.9 Å². The van der Waals surface area contributed by atoms with Crippen molar-refractivity contribution < 1.29 is 24.4 Å². The minimum Gasteiger partial charge on any atom is -0.486 e. The minimum absolute atomic E-state index is 0.191. The zero-order valence-electron chi connectivity index (χ0n) is 15.2. The highest BCUT2D eigenvalue weighted by Crippen LogP contribution is 2.30. The lowest BCUT2D eigenvalue weighted by atomic mass is 10.1. The summed E-state index contributed by atoms with van der Waals surface area (Å²) < 4.78 is 11.7. The number of carbonyl (C=O) groups excluding carboxylic acids is 2. The van der Waals surface area contributed by atoms with E-state index in [0.29, 0.717) is 25.4 Å². The summed E-state index contributed by atoms with van der Waals surface area (Å²) in [7, 11) is 0. The van der Waals surface area contributed by atoms with Crippen molar-refractivity contribution in [3.8, 4) is 11.5 Å². The van der Waals surface area contributed by atoms with Crippen LogP contribution in [0.4, 0.5) is 4.79 Å². The second-order valence-corrected chi connectivity index (χ2v) is 6.21. The lowest BCUT2D eigenvalue weighted by Crippen LogP contribution is -2.90. The van der Waals surface area contributed by atoms with Crippen molar-refractivity contribution in [2.45, 2.75) is 19.1 Å². The molecule has 0 saturated heterocycles. The molecule has 0 unspecified atom stereocenters. The Morgan fingerprint density at radius 2 is 1.81 bits per heavy atom. The van der Waals surface area contributed by atoms with E-state index < -0.39 is 12.1 Å². The van der Waals surface area contributed by atoms with Gasteiger partial charge in [0.15, 0.2) is 23.6 Å². The fourth-order valence-corrected chi connectivity index (χ4v) is 2.92. The molecular weight excluding hydrogens is 346 g/mol. The number of benzene rings is 2. The van der Waals surface area contributed by atoms with Crippen molar-refractivity contribution in [3.05, 3.63) is 60.2 Å². The Labute approximate surface area is 158 Å². The summed E-state index contributed by atoms with van der Waals surface area (Å²) in [6.07, 6.45) is -0.191. The molecule has 27 heavy (non-hydrogen) atoms. The van der Waals surface area contributed by atoms with Crippen LogP contribution in [0.15, 0.2) is 54.6 Å². The third-order valence-corrected chi connectivity index (χ3v) is 4.22. The van der Waals surface area contributed by atoms with Gasteiger partial charge >= 0.3 is 6.03 Å². The first kappa shape index (κ1) is 18.7. The normalized spacial score (nSPS) is 16.3. The monoisotopic (exact) mass is 370 g/mol. The molecule has 142 valence electrons. The van der Waals surface area contributed by atoms with Crippen LogP contribution in [0.1, 0.15) is 18.5 Å². The van der Waals surface area contributed by atoms with Gasteiger partial charge < -0.3 is 20.1 Å². The van der Waals surface area contributed by atoms with Crippen molar-refractivity contribution in [1.82, 2.24) is 10.6 Å².